The van der Waals surface area contributed by atoms with Gasteiger partial charge in [-0.05, 0) is 48.9 Å². The van der Waals surface area contributed by atoms with E-state index in [1.807, 2.05) is 37.3 Å². The van der Waals surface area contributed by atoms with Gasteiger partial charge in [-0.15, -0.1) is 0 Å². The molecule has 0 bridgehead atoms. The highest BCUT2D eigenvalue weighted by atomic mass is 19.1. The van der Waals surface area contributed by atoms with Crippen LogP contribution < -0.4 is 10.2 Å². The van der Waals surface area contributed by atoms with Crippen molar-refractivity contribution in [3.63, 3.8) is 0 Å². The molecule has 0 aromatic heterocycles. The summed E-state index contributed by atoms with van der Waals surface area (Å²) in [5.41, 5.74) is 2.83. The summed E-state index contributed by atoms with van der Waals surface area (Å²) in [5, 5.41) is 14.9. The molecule has 0 radical (unpaired) electrons. The molecule has 1 heterocycles. The first-order chi connectivity index (χ1) is 15.9. The molecule has 3 aromatic rings. The second-order valence-corrected chi connectivity index (χ2v) is 8.02. The lowest BCUT2D eigenvalue weighted by Crippen LogP contribution is -2.48. The Labute approximate surface area is 191 Å². The number of carbonyl (C=O) groups is 1. The van der Waals surface area contributed by atoms with Crippen molar-refractivity contribution in [2.75, 3.05) is 36.4 Å². The van der Waals surface area contributed by atoms with Crippen LogP contribution in [-0.4, -0.2) is 41.9 Å². The highest BCUT2D eigenvalue weighted by Crippen LogP contribution is 2.33. The van der Waals surface area contributed by atoms with Crippen LogP contribution in [0.25, 0.3) is 0 Å². The summed E-state index contributed by atoms with van der Waals surface area (Å²) in [6.07, 6.45) is 0. The van der Waals surface area contributed by atoms with E-state index in [9.17, 15) is 19.3 Å². The predicted octanol–water partition coefficient (Wildman–Crippen LogP) is 4.87. The molecular weight excluding hydrogens is 423 g/mol. The third-order valence-corrected chi connectivity index (χ3v) is 5.87. The van der Waals surface area contributed by atoms with Gasteiger partial charge in [-0.3, -0.25) is 14.9 Å². The molecule has 0 aliphatic carbocycles. The minimum Gasteiger partial charge on any atom is -0.373 e. The standard InChI is InChI=1S/C25H25FN4O3/c1-18(19-5-3-2-4-6-19)27-23-17-22(11-12-24(23)30(32)33)28-13-15-29(16-14-28)25(31)20-7-9-21(26)10-8-20/h2-12,17-18,27H,13-16H2,1H3. The zero-order chi connectivity index (χ0) is 23.4. The molecule has 1 aliphatic heterocycles. The normalized spacial score (nSPS) is 14.6. The minimum atomic E-state index is -0.386. The Morgan fingerprint density at radius 3 is 2.30 bits per heavy atom. The van der Waals surface area contributed by atoms with Gasteiger partial charge in [-0.25, -0.2) is 4.39 Å². The number of amides is 1. The van der Waals surface area contributed by atoms with Gasteiger partial charge in [-0.1, -0.05) is 30.3 Å². The number of nitro groups is 1. The first-order valence-electron chi connectivity index (χ1n) is 10.8. The van der Waals surface area contributed by atoms with Crippen LogP contribution in [0.5, 0.6) is 0 Å². The fourth-order valence-electron chi connectivity index (χ4n) is 4.00. The summed E-state index contributed by atoms with van der Waals surface area (Å²) in [7, 11) is 0. The Kier molecular flexibility index (Phi) is 6.53. The molecule has 1 fully saturated rings. The molecule has 3 aromatic carbocycles. The molecule has 33 heavy (non-hydrogen) atoms. The summed E-state index contributed by atoms with van der Waals surface area (Å²) >= 11 is 0. The Morgan fingerprint density at radius 2 is 1.67 bits per heavy atom. The molecule has 0 spiro atoms. The fraction of sp³-hybridized carbons (Fsp3) is 0.240. The summed E-state index contributed by atoms with van der Waals surface area (Å²) in [6.45, 7) is 4.18. The van der Waals surface area contributed by atoms with Crippen LogP contribution in [0.4, 0.5) is 21.5 Å². The van der Waals surface area contributed by atoms with Gasteiger partial charge < -0.3 is 15.1 Å². The molecule has 0 saturated carbocycles. The van der Waals surface area contributed by atoms with Gasteiger partial charge in [0.15, 0.2) is 0 Å². The van der Waals surface area contributed by atoms with Crippen LogP contribution in [0.2, 0.25) is 0 Å². The second kappa shape index (κ2) is 9.68. The van der Waals surface area contributed by atoms with Crippen LogP contribution in [0.3, 0.4) is 0 Å². The zero-order valence-electron chi connectivity index (χ0n) is 18.3. The monoisotopic (exact) mass is 448 g/mol. The molecule has 1 amide bonds. The van der Waals surface area contributed by atoms with Gasteiger partial charge in [0.1, 0.15) is 11.5 Å². The lowest BCUT2D eigenvalue weighted by molar-refractivity contribution is -0.384. The number of carbonyl (C=O) groups excluding carboxylic acids is 1. The van der Waals surface area contributed by atoms with Gasteiger partial charge in [0.05, 0.1) is 4.92 Å². The SMILES string of the molecule is CC(Nc1cc(N2CCN(C(=O)c3ccc(F)cc3)CC2)ccc1[N+](=O)[O-])c1ccccc1. The van der Waals surface area contributed by atoms with E-state index in [-0.39, 0.29) is 28.4 Å². The average molecular weight is 448 g/mol. The van der Waals surface area contributed by atoms with Gasteiger partial charge >= 0.3 is 0 Å². The number of benzene rings is 3. The van der Waals surface area contributed by atoms with E-state index in [1.54, 1.807) is 17.0 Å². The van der Waals surface area contributed by atoms with Crippen LogP contribution in [0, 0.1) is 15.9 Å². The third kappa shape index (κ3) is 5.11. The van der Waals surface area contributed by atoms with Crippen LogP contribution in [0.15, 0.2) is 72.8 Å². The van der Waals surface area contributed by atoms with Crippen molar-refractivity contribution < 1.29 is 14.1 Å². The molecule has 1 aliphatic rings. The van der Waals surface area contributed by atoms with E-state index in [0.29, 0.717) is 37.4 Å². The van der Waals surface area contributed by atoms with Crippen LogP contribution in [-0.2, 0) is 0 Å². The Hall–Kier alpha value is -3.94. The average Bonchev–Trinajstić information content (AvgIpc) is 2.84. The lowest BCUT2D eigenvalue weighted by atomic mass is 10.1. The molecular formula is C25H25FN4O3. The van der Waals surface area contributed by atoms with E-state index in [0.717, 1.165) is 11.3 Å². The lowest BCUT2D eigenvalue weighted by Gasteiger charge is -2.36. The van der Waals surface area contributed by atoms with E-state index in [2.05, 4.69) is 10.2 Å². The summed E-state index contributed by atoms with van der Waals surface area (Å²) in [5.74, 6) is -0.502. The number of hydrogen-bond donors (Lipinski definition) is 1. The predicted molar refractivity (Wildman–Crippen MR) is 126 cm³/mol. The molecule has 1 unspecified atom stereocenters. The van der Waals surface area contributed by atoms with Crippen molar-refractivity contribution in [3.05, 3.63) is 99.9 Å². The second-order valence-electron chi connectivity index (χ2n) is 8.02. The number of nitrogens with zero attached hydrogens (tertiary/aromatic N) is 3. The summed E-state index contributed by atoms with van der Waals surface area (Å²) in [6, 6.07) is 20.3. The fourth-order valence-corrected chi connectivity index (χ4v) is 4.00. The number of nitrogens with one attached hydrogen (secondary N) is 1. The van der Waals surface area contributed by atoms with E-state index >= 15 is 0 Å². The quantitative estimate of drug-likeness (QED) is 0.430. The maximum absolute atomic E-state index is 13.1. The minimum absolute atomic E-state index is 0.0201. The van der Waals surface area contributed by atoms with Crippen molar-refractivity contribution in [2.45, 2.75) is 13.0 Å². The molecule has 170 valence electrons. The molecule has 8 heteroatoms. The van der Waals surface area contributed by atoms with Crippen molar-refractivity contribution in [1.82, 2.24) is 4.90 Å². The smallest absolute Gasteiger partial charge is 0.292 e. The Bertz CT molecular complexity index is 1130. The van der Waals surface area contributed by atoms with Gasteiger partial charge in [0, 0.05) is 49.5 Å². The molecule has 1 N–H and O–H groups in total. The van der Waals surface area contributed by atoms with Crippen LogP contribution in [0.1, 0.15) is 28.9 Å². The van der Waals surface area contributed by atoms with Crippen molar-refractivity contribution in [2.24, 2.45) is 0 Å². The molecule has 1 saturated heterocycles. The zero-order valence-corrected chi connectivity index (χ0v) is 18.3. The number of halogens is 1. The largest absolute Gasteiger partial charge is 0.373 e. The van der Waals surface area contributed by atoms with Crippen molar-refractivity contribution in [3.8, 4) is 0 Å². The number of anilines is 2. The maximum atomic E-state index is 13.1. The topological polar surface area (TPSA) is 78.7 Å². The third-order valence-electron chi connectivity index (χ3n) is 5.87. The number of hydrogen-bond acceptors (Lipinski definition) is 5. The highest BCUT2D eigenvalue weighted by Gasteiger charge is 2.24. The Balaban J connectivity index is 1.47. The van der Waals surface area contributed by atoms with E-state index < -0.39 is 0 Å². The number of nitro benzene ring substituents is 1. The van der Waals surface area contributed by atoms with Gasteiger partial charge in [-0.2, -0.15) is 0 Å². The first kappa shape index (κ1) is 22.3. The van der Waals surface area contributed by atoms with Crippen molar-refractivity contribution in [1.29, 1.82) is 0 Å². The van der Waals surface area contributed by atoms with Gasteiger partial charge in [0.2, 0.25) is 0 Å². The summed E-state index contributed by atoms with van der Waals surface area (Å²) < 4.78 is 13.1. The van der Waals surface area contributed by atoms with E-state index in [4.69, 9.17) is 0 Å². The highest BCUT2D eigenvalue weighted by molar-refractivity contribution is 5.94. The van der Waals surface area contributed by atoms with E-state index in [1.165, 1.54) is 30.3 Å². The summed E-state index contributed by atoms with van der Waals surface area (Å²) in [4.78, 5) is 27.7. The Morgan fingerprint density at radius 1 is 1.00 bits per heavy atom. The maximum Gasteiger partial charge on any atom is 0.292 e. The van der Waals surface area contributed by atoms with Crippen molar-refractivity contribution >= 4 is 23.0 Å². The number of piperazine rings is 1. The number of rotatable bonds is 6. The molecule has 7 nitrogen and oxygen atoms in total. The van der Waals surface area contributed by atoms with Crippen LogP contribution >= 0.6 is 0 Å². The molecule has 4 rings (SSSR count). The first-order valence-corrected chi connectivity index (χ1v) is 10.8. The van der Waals surface area contributed by atoms with Gasteiger partial charge in [0.25, 0.3) is 11.6 Å². The molecule has 1 atom stereocenters.